The quantitative estimate of drug-likeness (QED) is 0.680. The SMILES string of the molecule is Cc1ccc(Sc2c(C(=O)O)cccc2[N+](=O)[O-])cc1C. The number of hydrogen-bond donors (Lipinski definition) is 1. The molecular weight excluding hydrogens is 290 g/mol. The third-order valence-corrected chi connectivity index (χ3v) is 4.24. The Labute approximate surface area is 125 Å². The highest BCUT2D eigenvalue weighted by atomic mass is 32.2. The molecule has 2 aromatic rings. The zero-order chi connectivity index (χ0) is 15.6. The van der Waals surface area contributed by atoms with Gasteiger partial charge in [-0.25, -0.2) is 4.79 Å². The first-order chi connectivity index (χ1) is 9.90. The molecule has 0 atom stereocenters. The highest BCUT2D eigenvalue weighted by Crippen LogP contribution is 2.38. The Balaban J connectivity index is 2.53. The van der Waals surface area contributed by atoms with Gasteiger partial charge in [0, 0.05) is 11.0 Å². The third-order valence-electron chi connectivity index (χ3n) is 3.12. The molecule has 0 amide bonds. The molecule has 0 unspecified atom stereocenters. The van der Waals surface area contributed by atoms with Crippen LogP contribution in [0.1, 0.15) is 21.5 Å². The molecule has 0 aliphatic carbocycles. The summed E-state index contributed by atoms with van der Waals surface area (Å²) in [6.07, 6.45) is 0. The molecular formula is C15H13NO4S. The zero-order valence-corrected chi connectivity index (χ0v) is 12.3. The molecule has 0 bridgehead atoms. The van der Waals surface area contributed by atoms with Crippen LogP contribution in [-0.2, 0) is 0 Å². The Bertz CT molecular complexity index is 695. The van der Waals surface area contributed by atoms with Gasteiger partial charge in [0.05, 0.1) is 10.5 Å². The fourth-order valence-electron chi connectivity index (χ4n) is 1.84. The summed E-state index contributed by atoms with van der Waals surface area (Å²) in [5.74, 6) is -1.18. The number of rotatable bonds is 4. The molecule has 2 rings (SSSR count). The van der Waals surface area contributed by atoms with Gasteiger partial charge in [-0.3, -0.25) is 10.1 Å². The first kappa shape index (κ1) is 15.1. The maximum atomic E-state index is 11.3. The summed E-state index contributed by atoms with van der Waals surface area (Å²) in [6, 6.07) is 9.70. The molecule has 0 aliphatic rings. The van der Waals surface area contributed by atoms with Crippen LogP contribution in [0.15, 0.2) is 46.2 Å². The van der Waals surface area contributed by atoms with Crippen LogP contribution in [0, 0.1) is 24.0 Å². The summed E-state index contributed by atoms with van der Waals surface area (Å²) < 4.78 is 0. The number of nitro benzene ring substituents is 1. The molecule has 5 nitrogen and oxygen atoms in total. The maximum Gasteiger partial charge on any atom is 0.337 e. The summed E-state index contributed by atoms with van der Waals surface area (Å²) in [5, 5.41) is 20.3. The van der Waals surface area contributed by atoms with E-state index in [1.54, 1.807) is 0 Å². The number of nitro groups is 1. The number of benzene rings is 2. The fraction of sp³-hybridized carbons (Fsp3) is 0.133. The minimum absolute atomic E-state index is 0.0626. The van der Waals surface area contributed by atoms with Gasteiger partial charge in [-0.2, -0.15) is 0 Å². The van der Waals surface area contributed by atoms with Crippen LogP contribution in [0.5, 0.6) is 0 Å². The molecule has 0 radical (unpaired) electrons. The van der Waals surface area contributed by atoms with E-state index in [4.69, 9.17) is 0 Å². The predicted octanol–water partition coefficient (Wildman–Crippen LogP) is 4.06. The second-order valence-corrected chi connectivity index (χ2v) is 5.65. The molecule has 2 aromatic carbocycles. The van der Waals surface area contributed by atoms with Crippen LogP contribution in [0.25, 0.3) is 0 Å². The number of hydrogen-bond acceptors (Lipinski definition) is 4. The molecule has 1 N–H and O–H groups in total. The van der Waals surface area contributed by atoms with Gasteiger partial charge in [0.2, 0.25) is 0 Å². The molecule has 108 valence electrons. The molecule has 0 fully saturated rings. The number of carbonyl (C=O) groups is 1. The molecule has 0 saturated heterocycles. The van der Waals surface area contributed by atoms with Crippen LogP contribution in [-0.4, -0.2) is 16.0 Å². The van der Waals surface area contributed by atoms with Gasteiger partial charge < -0.3 is 5.11 Å². The first-order valence-electron chi connectivity index (χ1n) is 6.16. The summed E-state index contributed by atoms with van der Waals surface area (Å²) in [4.78, 5) is 22.7. The minimum atomic E-state index is -1.18. The minimum Gasteiger partial charge on any atom is -0.478 e. The van der Waals surface area contributed by atoms with Crippen molar-refractivity contribution in [2.24, 2.45) is 0 Å². The van der Waals surface area contributed by atoms with E-state index >= 15 is 0 Å². The van der Waals surface area contributed by atoms with Crippen molar-refractivity contribution in [1.82, 2.24) is 0 Å². The standard InChI is InChI=1S/C15H13NO4S/c1-9-6-7-11(8-10(9)2)21-14-12(15(17)18)4-3-5-13(14)16(19)20/h3-8H,1-2H3,(H,17,18). The highest BCUT2D eigenvalue weighted by molar-refractivity contribution is 7.99. The van der Waals surface area contributed by atoms with Crippen molar-refractivity contribution in [3.8, 4) is 0 Å². The average molecular weight is 303 g/mol. The Morgan fingerprint density at radius 1 is 1.19 bits per heavy atom. The van der Waals surface area contributed by atoms with Crippen molar-refractivity contribution in [2.45, 2.75) is 23.6 Å². The topological polar surface area (TPSA) is 80.4 Å². The van der Waals surface area contributed by atoms with Crippen LogP contribution in [0.3, 0.4) is 0 Å². The molecule has 6 heteroatoms. The summed E-state index contributed by atoms with van der Waals surface area (Å²) in [7, 11) is 0. The molecule has 0 spiro atoms. The van der Waals surface area contributed by atoms with Gasteiger partial charge in [0.25, 0.3) is 5.69 Å². The van der Waals surface area contributed by atoms with Gasteiger partial charge in [0.15, 0.2) is 0 Å². The van der Waals surface area contributed by atoms with Gasteiger partial charge in [-0.15, -0.1) is 0 Å². The van der Waals surface area contributed by atoms with E-state index in [-0.39, 0.29) is 16.1 Å². The third kappa shape index (κ3) is 3.22. The second kappa shape index (κ2) is 5.97. The first-order valence-corrected chi connectivity index (χ1v) is 6.97. The normalized spacial score (nSPS) is 10.4. The van der Waals surface area contributed by atoms with E-state index in [1.165, 1.54) is 18.2 Å². The van der Waals surface area contributed by atoms with Crippen molar-refractivity contribution < 1.29 is 14.8 Å². The number of aryl methyl sites for hydroxylation is 2. The van der Waals surface area contributed by atoms with Crippen molar-refractivity contribution in [3.05, 3.63) is 63.2 Å². The lowest BCUT2D eigenvalue weighted by molar-refractivity contribution is -0.387. The highest BCUT2D eigenvalue weighted by Gasteiger charge is 2.22. The van der Waals surface area contributed by atoms with Crippen LogP contribution in [0.2, 0.25) is 0 Å². The molecule has 21 heavy (non-hydrogen) atoms. The Morgan fingerprint density at radius 3 is 2.48 bits per heavy atom. The Kier molecular flexibility index (Phi) is 4.28. The molecule has 0 aliphatic heterocycles. The van der Waals surface area contributed by atoms with E-state index in [0.29, 0.717) is 0 Å². The van der Waals surface area contributed by atoms with Crippen LogP contribution in [0.4, 0.5) is 5.69 Å². The number of nitrogens with zero attached hydrogens (tertiary/aromatic N) is 1. The molecule has 0 saturated carbocycles. The smallest absolute Gasteiger partial charge is 0.337 e. The van der Waals surface area contributed by atoms with E-state index in [0.717, 1.165) is 27.8 Å². The van der Waals surface area contributed by atoms with E-state index < -0.39 is 10.9 Å². The average Bonchev–Trinajstić information content (AvgIpc) is 2.42. The fourth-order valence-corrected chi connectivity index (χ4v) is 2.96. The lowest BCUT2D eigenvalue weighted by Crippen LogP contribution is -2.02. The lowest BCUT2D eigenvalue weighted by atomic mass is 10.1. The van der Waals surface area contributed by atoms with Gasteiger partial charge >= 0.3 is 5.97 Å². The van der Waals surface area contributed by atoms with Gasteiger partial charge in [-0.05, 0) is 43.2 Å². The van der Waals surface area contributed by atoms with Crippen molar-refractivity contribution in [1.29, 1.82) is 0 Å². The lowest BCUT2D eigenvalue weighted by Gasteiger charge is -2.08. The van der Waals surface area contributed by atoms with E-state index in [2.05, 4.69) is 0 Å². The zero-order valence-electron chi connectivity index (χ0n) is 11.5. The van der Waals surface area contributed by atoms with Crippen molar-refractivity contribution in [3.63, 3.8) is 0 Å². The maximum absolute atomic E-state index is 11.3. The van der Waals surface area contributed by atoms with Crippen molar-refractivity contribution in [2.75, 3.05) is 0 Å². The summed E-state index contributed by atoms with van der Waals surface area (Å²) in [6.45, 7) is 3.91. The van der Waals surface area contributed by atoms with Crippen LogP contribution < -0.4 is 0 Å². The number of carboxylic acid groups (broad SMARTS) is 1. The van der Waals surface area contributed by atoms with Gasteiger partial charge in [-0.1, -0.05) is 23.9 Å². The summed E-state index contributed by atoms with van der Waals surface area (Å²) in [5.41, 5.74) is 1.90. The van der Waals surface area contributed by atoms with E-state index in [1.807, 2.05) is 32.0 Å². The largest absolute Gasteiger partial charge is 0.478 e. The Hall–Kier alpha value is -2.34. The number of aromatic carboxylic acids is 1. The van der Waals surface area contributed by atoms with Gasteiger partial charge in [0.1, 0.15) is 4.90 Å². The summed E-state index contributed by atoms with van der Waals surface area (Å²) >= 11 is 1.10. The Morgan fingerprint density at radius 2 is 1.90 bits per heavy atom. The second-order valence-electron chi connectivity index (χ2n) is 4.56. The molecule has 0 aromatic heterocycles. The molecule has 0 heterocycles. The monoisotopic (exact) mass is 303 g/mol. The van der Waals surface area contributed by atoms with E-state index in [9.17, 15) is 20.0 Å². The van der Waals surface area contributed by atoms with Crippen LogP contribution >= 0.6 is 11.8 Å². The predicted molar refractivity (Wildman–Crippen MR) is 80.1 cm³/mol. The number of carboxylic acids is 1. The van der Waals surface area contributed by atoms with Crippen molar-refractivity contribution >= 4 is 23.4 Å².